The number of rotatable bonds is 16. The van der Waals surface area contributed by atoms with E-state index in [1.165, 1.54) is 13.8 Å². The zero-order valence-corrected chi connectivity index (χ0v) is 24.2. The Morgan fingerprint density at radius 3 is 1.98 bits per heavy atom. The normalized spacial score (nSPS) is 12.1. The molecule has 41 heavy (non-hydrogen) atoms. The van der Waals surface area contributed by atoms with E-state index in [9.17, 15) is 28.8 Å². The predicted octanol–water partition coefficient (Wildman–Crippen LogP) is 1.14. The van der Waals surface area contributed by atoms with E-state index in [1.807, 2.05) is 19.9 Å². The Hall–Kier alpha value is -4.42. The summed E-state index contributed by atoms with van der Waals surface area (Å²) >= 11 is 0. The van der Waals surface area contributed by atoms with Gasteiger partial charge in [0.2, 0.25) is 17.7 Å². The minimum atomic E-state index is -1.17. The van der Waals surface area contributed by atoms with Gasteiger partial charge in [0.05, 0.1) is 0 Å². The second-order valence-electron chi connectivity index (χ2n) is 9.39. The molecule has 5 N–H and O–H groups in total. The first-order valence-corrected chi connectivity index (χ1v) is 13.6. The van der Waals surface area contributed by atoms with Crippen molar-refractivity contribution in [3.8, 4) is 0 Å². The molecule has 0 aliphatic heterocycles. The number of amides is 6. The van der Waals surface area contributed by atoms with Gasteiger partial charge >= 0.3 is 6.09 Å². The third-order valence-corrected chi connectivity index (χ3v) is 5.76. The van der Waals surface area contributed by atoms with Gasteiger partial charge in [0.25, 0.3) is 11.8 Å². The molecule has 0 spiro atoms. The van der Waals surface area contributed by atoms with Crippen molar-refractivity contribution in [3.63, 3.8) is 0 Å². The fourth-order valence-corrected chi connectivity index (χ4v) is 3.34. The van der Waals surface area contributed by atoms with Crippen molar-refractivity contribution in [2.45, 2.75) is 72.1 Å². The number of ether oxygens (including phenoxy) is 1. The van der Waals surface area contributed by atoms with Gasteiger partial charge < -0.3 is 26.0 Å². The first-order valence-electron chi connectivity index (χ1n) is 13.6. The average Bonchev–Trinajstić information content (AvgIpc) is 2.94. The highest BCUT2D eigenvalue weighted by Crippen LogP contribution is 2.03. The molecule has 13 heteroatoms. The maximum atomic E-state index is 12.7. The largest absolute Gasteiger partial charge is 0.445 e. The number of alkyl carbamates (subject to hydrolysis) is 1. The van der Waals surface area contributed by atoms with Crippen LogP contribution in [0.2, 0.25) is 0 Å². The molecule has 0 saturated heterocycles. The summed E-state index contributed by atoms with van der Waals surface area (Å²) in [5.74, 6) is -3.66. The summed E-state index contributed by atoms with van der Waals surface area (Å²) in [6.07, 6.45) is 4.64. The van der Waals surface area contributed by atoms with Crippen LogP contribution in [0, 0.1) is 0 Å². The Morgan fingerprint density at radius 2 is 1.41 bits per heavy atom. The SMILES string of the molecule is CCCCN(CCCC)C(=O)/C=C/C(=O)N(CC(N)=O)NC(=O)C(C)NC(=O)C(C)NC(=O)OCc1ccccc1. The van der Waals surface area contributed by atoms with Gasteiger partial charge in [-0.15, -0.1) is 0 Å². The molecular weight excluding hydrogens is 532 g/mol. The molecule has 0 radical (unpaired) electrons. The number of unbranched alkanes of at least 4 members (excludes halogenated alkanes) is 2. The lowest BCUT2D eigenvalue weighted by Gasteiger charge is -2.24. The molecule has 0 fully saturated rings. The summed E-state index contributed by atoms with van der Waals surface area (Å²) < 4.78 is 5.08. The lowest BCUT2D eigenvalue weighted by molar-refractivity contribution is -0.142. The van der Waals surface area contributed by atoms with Crippen molar-refractivity contribution in [1.82, 2.24) is 26.0 Å². The maximum Gasteiger partial charge on any atom is 0.408 e. The van der Waals surface area contributed by atoms with Crippen LogP contribution in [-0.4, -0.2) is 77.3 Å². The number of benzene rings is 1. The van der Waals surface area contributed by atoms with Crippen molar-refractivity contribution < 1.29 is 33.5 Å². The average molecular weight is 575 g/mol. The van der Waals surface area contributed by atoms with E-state index in [2.05, 4.69) is 16.1 Å². The lowest BCUT2D eigenvalue weighted by atomic mass is 10.2. The Kier molecular flexibility index (Phi) is 15.9. The zero-order chi connectivity index (χ0) is 30.8. The fourth-order valence-electron chi connectivity index (χ4n) is 3.34. The van der Waals surface area contributed by atoms with Crippen LogP contribution in [0.25, 0.3) is 0 Å². The number of carbonyl (C=O) groups excluding carboxylic acids is 6. The van der Waals surface area contributed by atoms with Crippen molar-refractivity contribution in [2.75, 3.05) is 19.6 Å². The van der Waals surface area contributed by atoms with Crippen molar-refractivity contribution in [2.24, 2.45) is 5.73 Å². The quantitative estimate of drug-likeness (QED) is 0.169. The summed E-state index contributed by atoms with van der Waals surface area (Å²) in [7, 11) is 0. The minimum absolute atomic E-state index is 0.0130. The summed E-state index contributed by atoms with van der Waals surface area (Å²) in [5.41, 5.74) is 8.22. The third-order valence-electron chi connectivity index (χ3n) is 5.76. The molecule has 6 amide bonds. The smallest absolute Gasteiger partial charge is 0.408 e. The second kappa shape index (κ2) is 18.8. The fraction of sp³-hybridized carbons (Fsp3) is 0.500. The van der Waals surface area contributed by atoms with Crippen LogP contribution in [0.3, 0.4) is 0 Å². The molecule has 0 heterocycles. The number of carbonyl (C=O) groups is 6. The van der Waals surface area contributed by atoms with Gasteiger partial charge in [-0.25, -0.2) is 9.80 Å². The van der Waals surface area contributed by atoms with Crippen LogP contribution in [-0.2, 0) is 35.3 Å². The van der Waals surface area contributed by atoms with Gasteiger partial charge in [-0.05, 0) is 32.3 Å². The molecule has 13 nitrogen and oxygen atoms in total. The molecular formula is C28H42N6O7. The summed E-state index contributed by atoms with van der Waals surface area (Å²) in [6.45, 7) is 7.21. The van der Waals surface area contributed by atoms with E-state index >= 15 is 0 Å². The number of nitrogens with zero attached hydrogens (tertiary/aromatic N) is 2. The topological polar surface area (TPSA) is 180 Å². The summed E-state index contributed by atoms with van der Waals surface area (Å²) in [5, 5.41) is 5.43. The Morgan fingerprint density at radius 1 is 0.854 bits per heavy atom. The molecule has 0 aliphatic rings. The van der Waals surface area contributed by atoms with E-state index in [0.717, 1.165) is 43.4 Å². The molecule has 2 atom stereocenters. The number of primary amides is 1. The maximum absolute atomic E-state index is 12.7. The number of nitrogens with two attached hydrogens (primary N) is 1. The Bertz CT molecular complexity index is 1060. The van der Waals surface area contributed by atoms with Crippen molar-refractivity contribution >= 4 is 35.6 Å². The molecule has 0 aliphatic carbocycles. The van der Waals surface area contributed by atoms with Gasteiger partial charge in [-0.2, -0.15) is 0 Å². The highest BCUT2D eigenvalue weighted by molar-refractivity contribution is 5.99. The molecule has 226 valence electrons. The van der Waals surface area contributed by atoms with E-state index in [4.69, 9.17) is 10.5 Å². The first-order chi connectivity index (χ1) is 19.5. The monoisotopic (exact) mass is 574 g/mol. The third kappa shape index (κ3) is 14.0. The predicted molar refractivity (Wildman–Crippen MR) is 151 cm³/mol. The molecule has 0 saturated carbocycles. The number of hydrazine groups is 1. The van der Waals surface area contributed by atoms with Crippen LogP contribution >= 0.6 is 0 Å². The van der Waals surface area contributed by atoms with Crippen LogP contribution in [0.4, 0.5) is 4.79 Å². The Balaban J connectivity index is 2.70. The van der Waals surface area contributed by atoms with Crippen LogP contribution < -0.4 is 21.8 Å². The molecule has 0 aromatic heterocycles. The van der Waals surface area contributed by atoms with E-state index in [-0.39, 0.29) is 12.5 Å². The van der Waals surface area contributed by atoms with Crippen molar-refractivity contribution in [1.29, 1.82) is 0 Å². The molecule has 0 bridgehead atoms. The molecule has 1 aromatic rings. The summed E-state index contributed by atoms with van der Waals surface area (Å²) in [6, 6.07) is 6.76. The molecule has 2 unspecified atom stereocenters. The summed E-state index contributed by atoms with van der Waals surface area (Å²) in [4.78, 5) is 75.7. The zero-order valence-electron chi connectivity index (χ0n) is 24.2. The number of hydrogen-bond donors (Lipinski definition) is 4. The van der Waals surface area contributed by atoms with Gasteiger partial charge in [-0.3, -0.25) is 29.4 Å². The standard InChI is InChI=1S/C28H42N6O7/c1-5-7-16-33(17-8-6-2)24(36)14-15-25(37)34(18-23(29)35)32-27(39)21(4)30-26(38)20(3)31-28(40)41-19-22-12-10-9-11-13-22/h9-15,20-21H,5-8,16-19H2,1-4H3,(H2,29,35)(H,30,38)(H,31,40)(H,32,39)/b15-14+. The number of nitrogens with one attached hydrogen (secondary N) is 3. The van der Waals surface area contributed by atoms with Gasteiger partial charge in [0.1, 0.15) is 25.2 Å². The van der Waals surface area contributed by atoms with Crippen LogP contribution in [0.1, 0.15) is 58.9 Å². The van der Waals surface area contributed by atoms with E-state index in [0.29, 0.717) is 18.1 Å². The van der Waals surface area contributed by atoms with Gasteiger partial charge in [0, 0.05) is 25.2 Å². The van der Waals surface area contributed by atoms with Crippen LogP contribution in [0.15, 0.2) is 42.5 Å². The first kappa shape index (κ1) is 34.6. The number of hydrogen-bond acceptors (Lipinski definition) is 7. The highest BCUT2D eigenvalue weighted by Gasteiger charge is 2.24. The Labute approximate surface area is 240 Å². The second-order valence-corrected chi connectivity index (χ2v) is 9.39. The lowest BCUT2D eigenvalue weighted by Crippen LogP contribution is -2.56. The van der Waals surface area contributed by atoms with Crippen LogP contribution in [0.5, 0.6) is 0 Å². The van der Waals surface area contributed by atoms with Gasteiger partial charge in [0.15, 0.2) is 0 Å². The molecule has 1 rings (SSSR count). The van der Waals surface area contributed by atoms with E-state index in [1.54, 1.807) is 29.2 Å². The van der Waals surface area contributed by atoms with Crippen molar-refractivity contribution in [3.05, 3.63) is 48.0 Å². The van der Waals surface area contributed by atoms with E-state index < -0.39 is 48.4 Å². The minimum Gasteiger partial charge on any atom is -0.445 e. The highest BCUT2D eigenvalue weighted by atomic mass is 16.5. The molecule has 1 aromatic carbocycles. The van der Waals surface area contributed by atoms with Gasteiger partial charge in [-0.1, -0.05) is 57.0 Å².